The molecule has 2 aromatic heterocycles. The Morgan fingerprint density at radius 3 is 2.53 bits per heavy atom. The number of para-hydroxylation sites is 1. The lowest BCUT2D eigenvalue weighted by atomic mass is 10.2. The summed E-state index contributed by atoms with van der Waals surface area (Å²) in [6, 6.07) is 25.1. The summed E-state index contributed by atoms with van der Waals surface area (Å²) in [4.78, 5) is 20.9. The first kappa shape index (κ1) is 23.9. The van der Waals surface area contributed by atoms with E-state index in [4.69, 9.17) is 21.1 Å². The molecule has 0 aliphatic rings. The van der Waals surface area contributed by atoms with Crippen molar-refractivity contribution in [2.75, 3.05) is 32.2 Å². The van der Waals surface area contributed by atoms with Gasteiger partial charge in [0.25, 0.3) is 5.56 Å². The molecular weight excluding hydrogens is 494 g/mol. The van der Waals surface area contributed by atoms with Crippen molar-refractivity contribution >= 4 is 38.8 Å². The van der Waals surface area contributed by atoms with Gasteiger partial charge in [0.05, 0.1) is 24.9 Å². The van der Waals surface area contributed by atoms with Gasteiger partial charge in [0, 0.05) is 28.7 Å². The first-order chi connectivity index (χ1) is 17.5. The molecule has 8 heteroatoms. The van der Waals surface area contributed by atoms with E-state index < -0.39 is 0 Å². The third-order valence-corrected chi connectivity index (χ3v) is 7.29. The SMILES string of the molecule is COc1cc(-n2cnc3cc(-c4ccc(Cl)cc4)sc3c2=O)ccc1OCCN(C)c1ccccc1. The van der Waals surface area contributed by atoms with Gasteiger partial charge in [-0.25, -0.2) is 4.98 Å². The van der Waals surface area contributed by atoms with Crippen LogP contribution in [-0.4, -0.2) is 36.9 Å². The summed E-state index contributed by atoms with van der Waals surface area (Å²) in [5, 5.41) is 0.671. The molecule has 0 saturated heterocycles. The Morgan fingerprint density at radius 2 is 1.78 bits per heavy atom. The summed E-state index contributed by atoms with van der Waals surface area (Å²) < 4.78 is 13.7. The molecule has 0 atom stereocenters. The molecule has 2 heterocycles. The van der Waals surface area contributed by atoms with Gasteiger partial charge in [0.2, 0.25) is 0 Å². The third-order valence-electron chi connectivity index (χ3n) is 5.87. The largest absolute Gasteiger partial charge is 0.493 e. The zero-order valence-electron chi connectivity index (χ0n) is 19.8. The van der Waals surface area contributed by atoms with E-state index in [-0.39, 0.29) is 5.56 Å². The molecule has 0 spiro atoms. The quantitative estimate of drug-likeness (QED) is 0.242. The molecule has 0 amide bonds. The summed E-state index contributed by atoms with van der Waals surface area (Å²) in [7, 11) is 3.61. The van der Waals surface area contributed by atoms with Crippen LogP contribution in [0.15, 0.2) is 90.0 Å². The molecule has 5 aromatic rings. The Bertz CT molecular complexity index is 1550. The number of fused-ring (bicyclic) bond motifs is 1. The van der Waals surface area contributed by atoms with E-state index in [1.165, 1.54) is 15.9 Å². The van der Waals surface area contributed by atoms with Gasteiger partial charge in [-0.3, -0.25) is 9.36 Å². The van der Waals surface area contributed by atoms with Crippen LogP contribution in [0.4, 0.5) is 5.69 Å². The van der Waals surface area contributed by atoms with Crippen molar-refractivity contribution in [1.82, 2.24) is 9.55 Å². The third kappa shape index (κ3) is 4.94. The molecule has 0 saturated carbocycles. The number of anilines is 1. The zero-order chi connectivity index (χ0) is 25.1. The second-order valence-electron chi connectivity index (χ2n) is 8.19. The normalized spacial score (nSPS) is 11.0. The molecular formula is C28H24ClN3O3S. The summed E-state index contributed by atoms with van der Waals surface area (Å²) in [6.45, 7) is 1.19. The van der Waals surface area contributed by atoms with Crippen molar-refractivity contribution < 1.29 is 9.47 Å². The lowest BCUT2D eigenvalue weighted by Gasteiger charge is -2.20. The first-order valence-corrected chi connectivity index (χ1v) is 12.6. The van der Waals surface area contributed by atoms with Crippen LogP contribution in [-0.2, 0) is 0 Å². The molecule has 0 aliphatic heterocycles. The average Bonchev–Trinajstić information content (AvgIpc) is 3.35. The standard InChI is InChI=1S/C28H24ClN3O3S/c1-31(21-6-4-3-5-7-21)14-15-35-24-13-12-22(16-25(24)34-2)32-18-30-23-17-26(36-27(23)28(32)33)19-8-10-20(29)11-9-19/h3-13,16-18H,14-15H2,1-2H3. The first-order valence-electron chi connectivity index (χ1n) is 11.4. The van der Waals surface area contributed by atoms with E-state index in [2.05, 4.69) is 22.0 Å². The minimum absolute atomic E-state index is 0.134. The van der Waals surface area contributed by atoms with E-state index in [9.17, 15) is 4.79 Å². The Morgan fingerprint density at radius 1 is 1.00 bits per heavy atom. The molecule has 0 fully saturated rings. The molecule has 182 valence electrons. The summed E-state index contributed by atoms with van der Waals surface area (Å²) >= 11 is 7.43. The number of ether oxygens (including phenoxy) is 2. The average molecular weight is 518 g/mol. The fourth-order valence-corrected chi connectivity index (χ4v) is 5.05. The molecule has 0 unspecified atom stereocenters. The second kappa shape index (κ2) is 10.4. The number of rotatable bonds is 8. The summed E-state index contributed by atoms with van der Waals surface area (Å²) in [5.41, 5.74) is 3.31. The van der Waals surface area contributed by atoms with Gasteiger partial charge >= 0.3 is 0 Å². The van der Waals surface area contributed by atoms with Crippen molar-refractivity contribution in [3.8, 4) is 27.6 Å². The molecule has 36 heavy (non-hydrogen) atoms. The molecule has 0 aliphatic carbocycles. The highest BCUT2D eigenvalue weighted by Crippen LogP contribution is 2.33. The lowest BCUT2D eigenvalue weighted by Crippen LogP contribution is -2.23. The Kier molecular flexibility index (Phi) is 6.93. The highest BCUT2D eigenvalue weighted by molar-refractivity contribution is 7.22. The number of thiophene rings is 1. The van der Waals surface area contributed by atoms with E-state index >= 15 is 0 Å². The van der Waals surface area contributed by atoms with Crippen molar-refractivity contribution in [2.24, 2.45) is 0 Å². The molecule has 0 radical (unpaired) electrons. The highest BCUT2D eigenvalue weighted by atomic mass is 35.5. The fraction of sp³-hybridized carbons (Fsp3) is 0.143. The summed E-state index contributed by atoms with van der Waals surface area (Å²) in [6.07, 6.45) is 1.55. The van der Waals surface area contributed by atoms with Gasteiger partial charge in [-0.1, -0.05) is 41.9 Å². The predicted molar refractivity (Wildman–Crippen MR) is 147 cm³/mol. The van der Waals surface area contributed by atoms with Gasteiger partial charge in [-0.2, -0.15) is 0 Å². The number of hydrogen-bond acceptors (Lipinski definition) is 6. The van der Waals surface area contributed by atoms with E-state index in [1.807, 2.05) is 67.7 Å². The van der Waals surface area contributed by atoms with E-state index in [0.29, 0.717) is 45.6 Å². The number of aromatic nitrogens is 2. The second-order valence-corrected chi connectivity index (χ2v) is 9.68. The number of methoxy groups -OCH3 is 1. The molecule has 3 aromatic carbocycles. The minimum Gasteiger partial charge on any atom is -0.493 e. The molecule has 0 N–H and O–H groups in total. The maximum absolute atomic E-state index is 13.3. The van der Waals surface area contributed by atoms with Crippen molar-refractivity contribution in [2.45, 2.75) is 0 Å². The number of hydrogen-bond donors (Lipinski definition) is 0. The van der Waals surface area contributed by atoms with Crippen LogP contribution < -0.4 is 19.9 Å². The molecule has 0 bridgehead atoms. The lowest BCUT2D eigenvalue weighted by molar-refractivity contribution is 0.301. The van der Waals surface area contributed by atoms with Crippen LogP contribution >= 0.6 is 22.9 Å². The van der Waals surface area contributed by atoms with Crippen LogP contribution in [0.2, 0.25) is 5.02 Å². The van der Waals surface area contributed by atoms with Crippen LogP contribution in [0.5, 0.6) is 11.5 Å². The van der Waals surface area contributed by atoms with Crippen molar-refractivity contribution in [1.29, 1.82) is 0 Å². The number of likely N-dealkylation sites (N-methyl/N-ethyl adjacent to an activating group) is 1. The van der Waals surface area contributed by atoms with Crippen molar-refractivity contribution in [3.05, 3.63) is 101 Å². The monoisotopic (exact) mass is 517 g/mol. The Labute approximate surface area is 217 Å². The topological polar surface area (TPSA) is 56.6 Å². The van der Waals surface area contributed by atoms with Crippen LogP contribution in [0.25, 0.3) is 26.3 Å². The van der Waals surface area contributed by atoms with Crippen LogP contribution in [0.3, 0.4) is 0 Å². The molecule has 6 nitrogen and oxygen atoms in total. The molecule has 5 rings (SSSR count). The van der Waals surface area contributed by atoms with E-state index in [0.717, 1.165) is 16.1 Å². The van der Waals surface area contributed by atoms with Gasteiger partial charge in [0.15, 0.2) is 11.5 Å². The minimum atomic E-state index is -0.134. The summed E-state index contributed by atoms with van der Waals surface area (Å²) in [5.74, 6) is 1.17. The maximum Gasteiger partial charge on any atom is 0.275 e. The highest BCUT2D eigenvalue weighted by Gasteiger charge is 2.14. The van der Waals surface area contributed by atoms with Gasteiger partial charge in [-0.15, -0.1) is 11.3 Å². The number of halogens is 1. The van der Waals surface area contributed by atoms with Crippen LogP contribution in [0.1, 0.15) is 0 Å². The van der Waals surface area contributed by atoms with Crippen molar-refractivity contribution in [3.63, 3.8) is 0 Å². The van der Waals surface area contributed by atoms with Gasteiger partial charge < -0.3 is 14.4 Å². The Hall–Kier alpha value is -3.81. The predicted octanol–water partition coefficient (Wildman–Crippen LogP) is 6.29. The fourth-order valence-electron chi connectivity index (χ4n) is 3.88. The van der Waals surface area contributed by atoms with Crippen LogP contribution in [0, 0.1) is 0 Å². The van der Waals surface area contributed by atoms with E-state index in [1.54, 1.807) is 19.5 Å². The smallest absolute Gasteiger partial charge is 0.275 e. The number of benzene rings is 3. The number of nitrogens with zero attached hydrogens (tertiary/aromatic N) is 3. The maximum atomic E-state index is 13.3. The van der Waals surface area contributed by atoms with Gasteiger partial charge in [0.1, 0.15) is 17.6 Å². The Balaban J connectivity index is 1.37. The van der Waals surface area contributed by atoms with Gasteiger partial charge in [-0.05, 0) is 48.0 Å². The zero-order valence-corrected chi connectivity index (χ0v) is 21.4.